The highest BCUT2D eigenvalue weighted by molar-refractivity contribution is 6.30. The second-order valence-corrected chi connectivity index (χ2v) is 10.3. The zero-order chi connectivity index (χ0) is 22.6. The molecule has 4 aliphatic rings. The van der Waals surface area contributed by atoms with Gasteiger partial charge in [0.2, 0.25) is 5.95 Å². The molecule has 1 N–H and O–H groups in total. The topological polar surface area (TPSA) is 59.4 Å². The molecule has 0 radical (unpaired) electrons. The third-order valence-electron chi connectivity index (χ3n) is 6.98. The lowest BCUT2D eigenvalue weighted by Gasteiger charge is -2.60. The average Bonchev–Trinajstić information content (AvgIpc) is 3.57. The standard InChI is InChI=1S/C24H27ClFN7/c1-16-2-7-22(29-23(16)26)33-13-24(14-33)11-31(12-24)15-27-30-21-10-32(19-4-5-19)9-17-8-18(25)3-6-20(17)28-21/h2-3,6-8,15,19H,4-5,9-14H2,1H3,(H,28,30)/b27-15+. The molecule has 1 saturated carbocycles. The number of pyridine rings is 1. The molecule has 7 nitrogen and oxygen atoms in total. The van der Waals surface area contributed by atoms with Gasteiger partial charge in [-0.3, -0.25) is 10.3 Å². The Morgan fingerprint density at radius 2 is 1.97 bits per heavy atom. The van der Waals surface area contributed by atoms with Gasteiger partial charge in [0.1, 0.15) is 18.0 Å². The number of rotatable bonds is 4. The minimum atomic E-state index is -0.380. The van der Waals surface area contributed by atoms with Crippen LogP contribution in [0.2, 0.25) is 5.02 Å². The van der Waals surface area contributed by atoms with Crippen LogP contribution in [0.25, 0.3) is 0 Å². The molecule has 6 rings (SSSR count). The Morgan fingerprint density at radius 1 is 1.15 bits per heavy atom. The Kier molecular flexibility index (Phi) is 5.03. The van der Waals surface area contributed by atoms with Crippen LogP contribution in [0.3, 0.4) is 0 Å². The maximum absolute atomic E-state index is 13.8. The van der Waals surface area contributed by atoms with Gasteiger partial charge >= 0.3 is 0 Å². The maximum atomic E-state index is 13.8. The summed E-state index contributed by atoms with van der Waals surface area (Å²) in [4.78, 5) is 15.7. The number of aromatic nitrogens is 1. The van der Waals surface area contributed by atoms with Crippen LogP contribution in [-0.4, -0.2) is 65.7 Å². The number of likely N-dealkylation sites (tertiary alicyclic amines) is 1. The predicted molar refractivity (Wildman–Crippen MR) is 129 cm³/mol. The summed E-state index contributed by atoms with van der Waals surface area (Å²) in [6.45, 7) is 7.07. The van der Waals surface area contributed by atoms with Crippen molar-refractivity contribution in [3.8, 4) is 0 Å². The van der Waals surface area contributed by atoms with Crippen LogP contribution in [0.4, 0.5) is 15.9 Å². The van der Waals surface area contributed by atoms with Crippen molar-refractivity contribution in [2.75, 3.05) is 37.6 Å². The Balaban J connectivity index is 1.04. The van der Waals surface area contributed by atoms with Gasteiger partial charge in [-0.05, 0) is 49.6 Å². The van der Waals surface area contributed by atoms with Gasteiger partial charge in [-0.25, -0.2) is 9.98 Å². The molecule has 1 aromatic carbocycles. The van der Waals surface area contributed by atoms with E-state index in [1.165, 1.54) is 12.8 Å². The van der Waals surface area contributed by atoms with Crippen molar-refractivity contribution in [1.29, 1.82) is 0 Å². The molecule has 1 aromatic heterocycles. The van der Waals surface area contributed by atoms with Gasteiger partial charge in [0.05, 0.1) is 12.2 Å². The smallest absolute Gasteiger partial charge is 0.217 e. The lowest BCUT2D eigenvalue weighted by molar-refractivity contribution is 0.0323. The van der Waals surface area contributed by atoms with Gasteiger partial charge in [-0.1, -0.05) is 17.7 Å². The monoisotopic (exact) mass is 467 g/mol. The van der Waals surface area contributed by atoms with Crippen LogP contribution in [0.1, 0.15) is 24.0 Å². The molecule has 0 unspecified atom stereocenters. The molecule has 33 heavy (non-hydrogen) atoms. The van der Waals surface area contributed by atoms with Gasteiger partial charge in [-0.15, -0.1) is 0 Å². The minimum absolute atomic E-state index is 0.260. The first-order valence-corrected chi connectivity index (χ1v) is 11.9. The van der Waals surface area contributed by atoms with Crippen LogP contribution >= 0.6 is 11.6 Å². The van der Waals surface area contributed by atoms with Crippen LogP contribution < -0.4 is 10.3 Å². The minimum Gasteiger partial charge on any atom is -0.360 e. The van der Waals surface area contributed by atoms with Crippen molar-refractivity contribution >= 4 is 35.3 Å². The second kappa shape index (κ2) is 7.95. The Labute approximate surface area is 197 Å². The quantitative estimate of drug-likeness (QED) is 0.322. The molecule has 0 amide bonds. The Hall–Kier alpha value is -2.71. The van der Waals surface area contributed by atoms with Crippen molar-refractivity contribution in [1.82, 2.24) is 20.2 Å². The number of hydrazone groups is 1. The van der Waals surface area contributed by atoms with Gasteiger partial charge in [0, 0.05) is 54.8 Å². The number of fused-ring (bicyclic) bond motifs is 1. The summed E-state index contributed by atoms with van der Waals surface area (Å²) in [5.74, 6) is 1.21. The van der Waals surface area contributed by atoms with Crippen molar-refractivity contribution in [2.24, 2.45) is 15.5 Å². The molecule has 9 heteroatoms. The number of nitrogens with zero attached hydrogens (tertiary/aromatic N) is 6. The van der Waals surface area contributed by atoms with Gasteiger partial charge in [0.25, 0.3) is 0 Å². The number of amidine groups is 1. The zero-order valence-corrected chi connectivity index (χ0v) is 19.4. The third kappa shape index (κ3) is 4.17. The number of nitrogens with one attached hydrogen (secondary N) is 1. The van der Waals surface area contributed by atoms with Crippen LogP contribution in [-0.2, 0) is 6.54 Å². The molecule has 0 bridgehead atoms. The number of aryl methyl sites for hydroxylation is 1. The molecule has 0 atom stereocenters. The first-order valence-electron chi connectivity index (χ1n) is 11.5. The Bertz CT molecular complexity index is 1130. The van der Waals surface area contributed by atoms with E-state index in [9.17, 15) is 4.39 Å². The highest BCUT2D eigenvalue weighted by atomic mass is 35.5. The number of aliphatic imine (C=N–C) groups is 1. The van der Waals surface area contributed by atoms with E-state index < -0.39 is 0 Å². The summed E-state index contributed by atoms with van der Waals surface area (Å²) < 4.78 is 13.8. The van der Waals surface area contributed by atoms with Gasteiger partial charge < -0.3 is 9.80 Å². The lowest BCUT2D eigenvalue weighted by atomic mass is 9.73. The summed E-state index contributed by atoms with van der Waals surface area (Å²) in [7, 11) is 0. The van der Waals surface area contributed by atoms with Crippen molar-refractivity contribution in [3.05, 3.63) is 52.4 Å². The fraction of sp³-hybridized carbons (Fsp3) is 0.458. The highest BCUT2D eigenvalue weighted by Gasteiger charge is 2.51. The molecule has 3 aliphatic heterocycles. The Morgan fingerprint density at radius 3 is 2.73 bits per heavy atom. The van der Waals surface area contributed by atoms with Crippen molar-refractivity contribution in [3.63, 3.8) is 0 Å². The summed E-state index contributed by atoms with van der Waals surface area (Å²) in [5, 5.41) is 5.23. The molecule has 2 aromatic rings. The number of benzene rings is 1. The number of hydrogen-bond donors (Lipinski definition) is 1. The van der Waals surface area contributed by atoms with Gasteiger partial charge in [-0.2, -0.15) is 9.49 Å². The predicted octanol–water partition coefficient (Wildman–Crippen LogP) is 3.55. The maximum Gasteiger partial charge on any atom is 0.217 e. The first-order chi connectivity index (χ1) is 16.0. The third-order valence-corrected chi connectivity index (χ3v) is 7.21. The normalized spacial score (nSPS) is 22.0. The molecule has 172 valence electrons. The largest absolute Gasteiger partial charge is 0.360 e. The van der Waals surface area contributed by atoms with E-state index in [1.54, 1.807) is 13.0 Å². The number of anilines is 1. The fourth-order valence-corrected chi connectivity index (χ4v) is 5.27. The van der Waals surface area contributed by atoms with E-state index in [-0.39, 0.29) is 11.4 Å². The highest BCUT2D eigenvalue weighted by Crippen LogP contribution is 2.40. The average molecular weight is 468 g/mol. The van der Waals surface area contributed by atoms with E-state index in [2.05, 4.69) is 30.2 Å². The number of hydrogen-bond acceptors (Lipinski definition) is 6. The first kappa shape index (κ1) is 20.9. The molecule has 2 saturated heterocycles. The van der Waals surface area contributed by atoms with E-state index in [0.717, 1.165) is 67.2 Å². The zero-order valence-electron chi connectivity index (χ0n) is 18.6. The van der Waals surface area contributed by atoms with E-state index in [0.29, 0.717) is 11.6 Å². The molecule has 4 heterocycles. The summed E-state index contributed by atoms with van der Waals surface area (Å²) in [6.07, 6.45) is 4.35. The molecule has 1 spiro atoms. The van der Waals surface area contributed by atoms with Crippen LogP contribution in [0.15, 0.2) is 40.4 Å². The SMILES string of the molecule is Cc1ccc(N2CC3(CN(/C=N/NC4=Nc5ccc(Cl)cc5CN(C5CC5)C4)C3)C2)nc1F. The summed E-state index contributed by atoms with van der Waals surface area (Å²) >= 11 is 6.21. The molecule has 1 aliphatic carbocycles. The second-order valence-electron chi connectivity index (χ2n) is 9.86. The summed E-state index contributed by atoms with van der Waals surface area (Å²) in [6, 6.07) is 10.2. The fourth-order valence-electron chi connectivity index (χ4n) is 5.07. The molecule has 3 fully saturated rings. The van der Waals surface area contributed by atoms with Crippen LogP contribution in [0, 0.1) is 18.3 Å². The van der Waals surface area contributed by atoms with Gasteiger partial charge in [0.15, 0.2) is 0 Å². The van der Waals surface area contributed by atoms with E-state index in [1.807, 2.05) is 30.6 Å². The van der Waals surface area contributed by atoms with E-state index >= 15 is 0 Å². The van der Waals surface area contributed by atoms with Crippen LogP contribution in [0.5, 0.6) is 0 Å². The summed E-state index contributed by atoms with van der Waals surface area (Å²) in [5.41, 5.74) is 6.14. The lowest BCUT2D eigenvalue weighted by Crippen LogP contribution is -2.72. The van der Waals surface area contributed by atoms with Crippen molar-refractivity contribution < 1.29 is 4.39 Å². The van der Waals surface area contributed by atoms with E-state index in [4.69, 9.17) is 16.6 Å². The molecular weight excluding hydrogens is 441 g/mol. The van der Waals surface area contributed by atoms with Crippen molar-refractivity contribution in [2.45, 2.75) is 32.4 Å². The number of halogens is 2. The molecular formula is C24H27ClFN7.